The number of imide groups is 1. The van der Waals surface area contributed by atoms with Gasteiger partial charge in [-0.15, -0.1) is 0 Å². The summed E-state index contributed by atoms with van der Waals surface area (Å²) in [6, 6.07) is 6.49. The number of hydrogen-bond acceptors (Lipinski definition) is 2. The molecule has 1 atom stereocenters. The lowest BCUT2D eigenvalue weighted by Crippen LogP contribution is -2.43. The molecule has 1 aliphatic rings. The number of amides is 3. The number of carbonyl (C=O) groups is 2. The second-order valence-electron chi connectivity index (χ2n) is 3.68. The van der Waals surface area contributed by atoms with Crippen molar-refractivity contribution >= 4 is 23.5 Å². The number of urea groups is 1. The van der Waals surface area contributed by atoms with E-state index in [1.165, 1.54) is 0 Å². The fourth-order valence-corrected chi connectivity index (χ4v) is 2.09. The molecule has 2 rings (SSSR count). The summed E-state index contributed by atoms with van der Waals surface area (Å²) in [5, 5.41) is 5.44. The zero-order chi connectivity index (χ0) is 11.8. The largest absolute Gasteiger partial charge is 0.322 e. The SMILES string of the molecule is CC[C@]1(c2cccc(Cl)c2)NC(=O)NC1=O. The summed E-state index contributed by atoms with van der Waals surface area (Å²) in [5.74, 6) is -0.331. The van der Waals surface area contributed by atoms with Crippen LogP contribution >= 0.6 is 11.6 Å². The number of nitrogens with one attached hydrogen (secondary N) is 2. The fourth-order valence-electron chi connectivity index (χ4n) is 1.90. The van der Waals surface area contributed by atoms with Crippen molar-refractivity contribution in [1.82, 2.24) is 10.6 Å². The van der Waals surface area contributed by atoms with E-state index in [9.17, 15) is 9.59 Å². The number of benzene rings is 1. The molecule has 0 saturated carbocycles. The number of halogens is 1. The lowest BCUT2D eigenvalue weighted by molar-refractivity contribution is -0.124. The third kappa shape index (κ3) is 1.55. The minimum Gasteiger partial charge on any atom is -0.319 e. The molecule has 1 aliphatic heterocycles. The molecular formula is C11H11ClN2O2. The van der Waals surface area contributed by atoms with Gasteiger partial charge in [0.1, 0.15) is 5.54 Å². The first-order chi connectivity index (χ1) is 7.58. The van der Waals surface area contributed by atoms with Crippen LogP contribution in [0, 0.1) is 0 Å². The van der Waals surface area contributed by atoms with Crippen molar-refractivity contribution in [3.8, 4) is 0 Å². The maximum atomic E-state index is 11.8. The summed E-state index contributed by atoms with van der Waals surface area (Å²) in [6.45, 7) is 1.84. The average molecular weight is 239 g/mol. The minimum atomic E-state index is -0.984. The van der Waals surface area contributed by atoms with Crippen molar-refractivity contribution in [3.63, 3.8) is 0 Å². The van der Waals surface area contributed by atoms with Crippen LogP contribution in [0.3, 0.4) is 0 Å². The van der Waals surface area contributed by atoms with E-state index in [4.69, 9.17) is 11.6 Å². The zero-order valence-electron chi connectivity index (χ0n) is 8.71. The molecule has 1 saturated heterocycles. The van der Waals surface area contributed by atoms with Gasteiger partial charge in [-0.1, -0.05) is 30.7 Å². The van der Waals surface area contributed by atoms with Crippen LogP contribution in [0.2, 0.25) is 5.02 Å². The fraction of sp³-hybridized carbons (Fsp3) is 0.273. The van der Waals surface area contributed by atoms with Crippen LogP contribution in [0.25, 0.3) is 0 Å². The molecule has 1 aromatic rings. The molecule has 1 aromatic carbocycles. The Balaban J connectivity index is 2.50. The second kappa shape index (κ2) is 3.79. The van der Waals surface area contributed by atoms with Gasteiger partial charge in [-0.3, -0.25) is 10.1 Å². The summed E-state index contributed by atoms with van der Waals surface area (Å²) >= 11 is 5.88. The minimum absolute atomic E-state index is 0.331. The van der Waals surface area contributed by atoms with Gasteiger partial charge in [-0.25, -0.2) is 4.79 Å². The third-order valence-corrected chi connectivity index (χ3v) is 3.02. The highest BCUT2D eigenvalue weighted by atomic mass is 35.5. The zero-order valence-corrected chi connectivity index (χ0v) is 9.47. The van der Waals surface area contributed by atoms with Gasteiger partial charge in [0, 0.05) is 5.02 Å². The Kier molecular flexibility index (Phi) is 2.59. The van der Waals surface area contributed by atoms with Crippen molar-refractivity contribution in [2.75, 3.05) is 0 Å². The van der Waals surface area contributed by atoms with Crippen molar-refractivity contribution in [2.24, 2.45) is 0 Å². The molecule has 0 spiro atoms. The summed E-state index contributed by atoms with van der Waals surface area (Å²) in [6.07, 6.45) is 0.477. The van der Waals surface area contributed by atoms with Crippen molar-refractivity contribution in [2.45, 2.75) is 18.9 Å². The van der Waals surface area contributed by atoms with Crippen LogP contribution in [-0.2, 0) is 10.3 Å². The summed E-state index contributed by atoms with van der Waals surface area (Å²) in [4.78, 5) is 23.0. The molecule has 0 radical (unpaired) electrons. The Hall–Kier alpha value is -1.55. The van der Waals surface area contributed by atoms with Crippen LogP contribution in [0.4, 0.5) is 4.79 Å². The second-order valence-corrected chi connectivity index (χ2v) is 4.11. The van der Waals surface area contributed by atoms with Crippen LogP contribution in [-0.4, -0.2) is 11.9 Å². The van der Waals surface area contributed by atoms with Crippen molar-refractivity contribution in [1.29, 1.82) is 0 Å². The van der Waals surface area contributed by atoms with Gasteiger partial charge in [0.25, 0.3) is 5.91 Å². The molecule has 4 nitrogen and oxygen atoms in total. The van der Waals surface area contributed by atoms with Crippen molar-refractivity contribution in [3.05, 3.63) is 34.9 Å². The molecule has 84 valence electrons. The van der Waals surface area contributed by atoms with Crippen LogP contribution in [0.5, 0.6) is 0 Å². The quantitative estimate of drug-likeness (QED) is 0.772. The number of rotatable bonds is 2. The average Bonchev–Trinajstić information content (AvgIpc) is 2.54. The van der Waals surface area contributed by atoms with E-state index in [2.05, 4.69) is 10.6 Å². The first kappa shape index (κ1) is 11.0. The molecule has 1 heterocycles. The summed E-state index contributed by atoms with van der Waals surface area (Å²) in [5.41, 5.74) is -0.284. The summed E-state index contributed by atoms with van der Waals surface area (Å²) in [7, 11) is 0. The molecule has 0 bridgehead atoms. The van der Waals surface area contributed by atoms with E-state index in [0.717, 1.165) is 0 Å². The van der Waals surface area contributed by atoms with Gasteiger partial charge in [0.05, 0.1) is 0 Å². The number of hydrogen-bond donors (Lipinski definition) is 2. The van der Waals surface area contributed by atoms with Crippen LogP contribution < -0.4 is 10.6 Å². The van der Waals surface area contributed by atoms with E-state index >= 15 is 0 Å². The Bertz CT molecular complexity index is 461. The smallest absolute Gasteiger partial charge is 0.319 e. The molecule has 3 amide bonds. The van der Waals surface area contributed by atoms with Gasteiger partial charge in [0.15, 0.2) is 0 Å². The monoisotopic (exact) mass is 238 g/mol. The maximum Gasteiger partial charge on any atom is 0.322 e. The van der Waals surface area contributed by atoms with E-state index in [-0.39, 0.29) is 5.91 Å². The Morgan fingerprint density at radius 1 is 1.38 bits per heavy atom. The molecular weight excluding hydrogens is 228 g/mol. The van der Waals surface area contributed by atoms with Gasteiger partial charge < -0.3 is 5.32 Å². The highest BCUT2D eigenvalue weighted by Gasteiger charge is 2.46. The van der Waals surface area contributed by atoms with E-state index in [1.54, 1.807) is 24.3 Å². The Morgan fingerprint density at radius 3 is 2.62 bits per heavy atom. The van der Waals surface area contributed by atoms with E-state index in [1.807, 2.05) is 6.92 Å². The molecule has 2 N–H and O–H groups in total. The Morgan fingerprint density at radius 2 is 2.12 bits per heavy atom. The van der Waals surface area contributed by atoms with Gasteiger partial charge in [-0.2, -0.15) is 0 Å². The molecule has 0 aliphatic carbocycles. The highest BCUT2D eigenvalue weighted by molar-refractivity contribution is 6.30. The summed E-state index contributed by atoms with van der Waals surface area (Å²) < 4.78 is 0. The highest BCUT2D eigenvalue weighted by Crippen LogP contribution is 2.29. The lowest BCUT2D eigenvalue weighted by Gasteiger charge is -2.24. The molecule has 0 unspecified atom stereocenters. The number of carbonyl (C=O) groups excluding carboxylic acids is 2. The maximum absolute atomic E-state index is 11.8. The first-order valence-corrected chi connectivity index (χ1v) is 5.36. The van der Waals surface area contributed by atoms with Gasteiger partial charge >= 0.3 is 6.03 Å². The van der Waals surface area contributed by atoms with Gasteiger partial charge in [-0.05, 0) is 24.1 Å². The normalized spacial score (nSPS) is 24.1. The molecule has 16 heavy (non-hydrogen) atoms. The predicted molar refractivity (Wildman–Crippen MR) is 60.1 cm³/mol. The first-order valence-electron chi connectivity index (χ1n) is 4.98. The standard InChI is InChI=1S/C11H11ClN2O2/c1-2-11(9(15)13-10(16)14-11)7-4-3-5-8(12)6-7/h3-6H,2H2,1H3,(H2,13,14,15,16)/t11-/m1/s1. The Labute approximate surface area is 98.0 Å². The topological polar surface area (TPSA) is 58.2 Å². The van der Waals surface area contributed by atoms with Crippen LogP contribution in [0.15, 0.2) is 24.3 Å². The van der Waals surface area contributed by atoms with Crippen LogP contribution in [0.1, 0.15) is 18.9 Å². The third-order valence-electron chi connectivity index (χ3n) is 2.79. The van der Waals surface area contributed by atoms with E-state index in [0.29, 0.717) is 17.0 Å². The molecule has 1 fully saturated rings. The van der Waals surface area contributed by atoms with Gasteiger partial charge in [0.2, 0.25) is 0 Å². The molecule has 5 heteroatoms. The molecule has 0 aromatic heterocycles. The predicted octanol–water partition coefficient (Wildman–Crippen LogP) is 1.78. The lowest BCUT2D eigenvalue weighted by atomic mass is 9.87. The van der Waals surface area contributed by atoms with E-state index < -0.39 is 11.6 Å². The van der Waals surface area contributed by atoms with Crippen molar-refractivity contribution < 1.29 is 9.59 Å².